The molecule has 2 rings (SSSR count). The van der Waals surface area contributed by atoms with Crippen LogP contribution in [0.15, 0.2) is 18.2 Å². The maximum atomic E-state index is 10.7. The highest BCUT2D eigenvalue weighted by molar-refractivity contribution is 14.1. The molecule has 1 saturated heterocycles. The van der Waals surface area contributed by atoms with Crippen molar-refractivity contribution in [3.05, 3.63) is 34.9 Å². The Labute approximate surface area is 145 Å². The summed E-state index contributed by atoms with van der Waals surface area (Å²) in [7, 11) is 0. The van der Waals surface area contributed by atoms with Crippen LogP contribution in [0.2, 0.25) is 0 Å². The van der Waals surface area contributed by atoms with Gasteiger partial charge in [0, 0.05) is 8.86 Å². The minimum absolute atomic E-state index is 0.304. The number of benzene rings is 1. The van der Waals surface area contributed by atoms with E-state index in [9.17, 15) is 9.90 Å². The molecule has 1 unspecified atom stereocenters. The van der Waals surface area contributed by atoms with E-state index in [1.807, 2.05) is 0 Å². The molecule has 0 amide bonds. The first-order chi connectivity index (χ1) is 9.67. The highest BCUT2D eigenvalue weighted by Crippen LogP contribution is 2.21. The maximum Gasteiger partial charge on any atom is 0.137 e. The first-order valence-corrected chi connectivity index (χ1v) is 9.46. The molecule has 1 aromatic carbocycles. The van der Waals surface area contributed by atoms with E-state index in [0.717, 1.165) is 20.7 Å². The van der Waals surface area contributed by atoms with Crippen LogP contribution >= 0.6 is 45.2 Å². The summed E-state index contributed by atoms with van der Waals surface area (Å²) >= 11 is 4.73. The van der Waals surface area contributed by atoms with Gasteiger partial charge >= 0.3 is 0 Å². The molecule has 6 heteroatoms. The molecule has 0 radical (unpaired) electrons. The quantitative estimate of drug-likeness (QED) is 0.357. The second-order valence-electron chi connectivity index (χ2n) is 4.81. The van der Waals surface area contributed by atoms with E-state index in [1.165, 1.54) is 11.1 Å². The zero-order chi connectivity index (χ0) is 14.5. The van der Waals surface area contributed by atoms with Gasteiger partial charge in [-0.15, -0.1) is 0 Å². The summed E-state index contributed by atoms with van der Waals surface area (Å²) in [5, 5.41) is 12.5. The van der Waals surface area contributed by atoms with Gasteiger partial charge in [-0.05, 0) is 23.1 Å². The van der Waals surface area contributed by atoms with Gasteiger partial charge in [-0.3, -0.25) is 5.32 Å². The SMILES string of the molecule is O=C[C@@H]1C[C@@H](OCc2ccc(CI)c(CI)c2)C(O)N1. The maximum absolute atomic E-state index is 10.7. The van der Waals surface area contributed by atoms with Crippen LogP contribution in [-0.2, 0) is 25.0 Å². The molecule has 0 bridgehead atoms. The van der Waals surface area contributed by atoms with Crippen LogP contribution in [-0.4, -0.2) is 29.8 Å². The number of halogens is 2. The molecule has 4 nitrogen and oxygen atoms in total. The molecule has 2 N–H and O–H groups in total. The summed E-state index contributed by atoms with van der Waals surface area (Å²) in [6.45, 7) is 0.458. The lowest BCUT2D eigenvalue weighted by Crippen LogP contribution is -2.34. The zero-order valence-corrected chi connectivity index (χ0v) is 15.2. The third kappa shape index (κ3) is 4.12. The molecule has 1 aromatic rings. The first-order valence-electron chi connectivity index (χ1n) is 6.41. The van der Waals surface area contributed by atoms with Crippen molar-refractivity contribution in [2.75, 3.05) is 0 Å². The van der Waals surface area contributed by atoms with Crippen LogP contribution in [0.5, 0.6) is 0 Å². The number of aldehydes is 1. The van der Waals surface area contributed by atoms with Gasteiger partial charge in [0.15, 0.2) is 0 Å². The van der Waals surface area contributed by atoms with Crippen molar-refractivity contribution < 1.29 is 14.6 Å². The van der Waals surface area contributed by atoms with Crippen molar-refractivity contribution in [3.8, 4) is 0 Å². The summed E-state index contributed by atoms with van der Waals surface area (Å²) in [6, 6.07) is 6.06. The molecule has 110 valence electrons. The van der Waals surface area contributed by atoms with Crippen molar-refractivity contribution in [1.82, 2.24) is 5.32 Å². The first kappa shape index (κ1) is 16.6. The van der Waals surface area contributed by atoms with Gasteiger partial charge in [0.2, 0.25) is 0 Å². The number of hydrogen-bond donors (Lipinski definition) is 2. The Morgan fingerprint density at radius 1 is 1.35 bits per heavy atom. The van der Waals surface area contributed by atoms with Crippen LogP contribution in [0.4, 0.5) is 0 Å². The predicted octanol–water partition coefficient (Wildman–Crippen LogP) is 2.32. The van der Waals surface area contributed by atoms with E-state index >= 15 is 0 Å². The number of aliphatic hydroxyl groups is 1. The highest BCUT2D eigenvalue weighted by atomic mass is 127. The molecule has 0 aliphatic carbocycles. The summed E-state index contributed by atoms with van der Waals surface area (Å²) in [5.74, 6) is 0. The number of carbonyl (C=O) groups is 1. The molecule has 1 heterocycles. The van der Waals surface area contributed by atoms with Gasteiger partial charge in [0.25, 0.3) is 0 Å². The van der Waals surface area contributed by atoms with E-state index in [4.69, 9.17) is 4.74 Å². The average molecular weight is 501 g/mol. The number of rotatable bonds is 6. The fourth-order valence-electron chi connectivity index (χ4n) is 2.25. The largest absolute Gasteiger partial charge is 0.376 e. The van der Waals surface area contributed by atoms with Crippen molar-refractivity contribution in [3.63, 3.8) is 0 Å². The molecule has 1 fully saturated rings. The summed E-state index contributed by atoms with van der Waals surface area (Å²) in [6.07, 6.45) is 0.256. The molecule has 1 aliphatic heterocycles. The Bertz CT molecular complexity index is 470. The second kappa shape index (κ2) is 8.02. The van der Waals surface area contributed by atoms with Crippen LogP contribution in [0.1, 0.15) is 23.1 Å². The molecule has 0 aromatic heterocycles. The van der Waals surface area contributed by atoms with E-state index in [1.54, 1.807) is 0 Å². The Morgan fingerprint density at radius 2 is 2.10 bits per heavy atom. The van der Waals surface area contributed by atoms with Gasteiger partial charge in [-0.1, -0.05) is 63.4 Å². The Kier molecular flexibility index (Phi) is 6.66. The van der Waals surface area contributed by atoms with E-state index in [-0.39, 0.29) is 12.1 Å². The molecule has 1 aliphatic rings. The van der Waals surface area contributed by atoms with Crippen molar-refractivity contribution in [2.24, 2.45) is 0 Å². The van der Waals surface area contributed by atoms with Gasteiger partial charge in [0.1, 0.15) is 12.5 Å². The van der Waals surface area contributed by atoms with E-state index in [0.29, 0.717) is 13.0 Å². The van der Waals surface area contributed by atoms with Gasteiger partial charge in [-0.25, -0.2) is 0 Å². The van der Waals surface area contributed by atoms with E-state index in [2.05, 4.69) is 68.7 Å². The summed E-state index contributed by atoms with van der Waals surface area (Å²) in [5.41, 5.74) is 3.79. The molecule has 3 atom stereocenters. The van der Waals surface area contributed by atoms with Crippen molar-refractivity contribution >= 4 is 51.5 Å². The summed E-state index contributed by atoms with van der Waals surface area (Å²) < 4.78 is 7.71. The topological polar surface area (TPSA) is 58.6 Å². The number of ether oxygens (including phenoxy) is 1. The van der Waals surface area contributed by atoms with Crippen molar-refractivity contribution in [2.45, 2.75) is 40.3 Å². The fraction of sp³-hybridized carbons (Fsp3) is 0.500. The number of hydrogen-bond acceptors (Lipinski definition) is 4. The standard InChI is InChI=1S/C14H17I2NO3/c15-5-10-2-1-9(3-11(10)6-16)8-20-13-4-12(7-18)17-14(13)19/h1-3,7,12-14,17,19H,4-6,8H2/t12-,13+,14?/m0/s1. The molecule has 0 spiro atoms. The third-order valence-electron chi connectivity index (χ3n) is 3.41. The van der Waals surface area contributed by atoms with Crippen LogP contribution < -0.4 is 5.32 Å². The number of nitrogens with one attached hydrogen (secondary N) is 1. The highest BCUT2D eigenvalue weighted by Gasteiger charge is 2.32. The molecular weight excluding hydrogens is 484 g/mol. The van der Waals surface area contributed by atoms with Gasteiger partial charge in [-0.2, -0.15) is 0 Å². The zero-order valence-electron chi connectivity index (χ0n) is 10.9. The molecule has 20 heavy (non-hydrogen) atoms. The minimum Gasteiger partial charge on any atom is -0.376 e. The van der Waals surface area contributed by atoms with E-state index < -0.39 is 6.23 Å². The summed E-state index contributed by atoms with van der Waals surface area (Å²) in [4.78, 5) is 10.7. The Balaban J connectivity index is 1.95. The smallest absolute Gasteiger partial charge is 0.137 e. The van der Waals surface area contributed by atoms with Gasteiger partial charge in [0.05, 0.1) is 18.8 Å². The Hall–Kier alpha value is 0.230. The predicted molar refractivity (Wildman–Crippen MR) is 94.1 cm³/mol. The number of aliphatic hydroxyl groups excluding tert-OH is 1. The molecular formula is C14H17I2NO3. The van der Waals surface area contributed by atoms with Gasteiger partial charge < -0.3 is 14.6 Å². The minimum atomic E-state index is -0.761. The van der Waals surface area contributed by atoms with Crippen molar-refractivity contribution in [1.29, 1.82) is 0 Å². The monoisotopic (exact) mass is 501 g/mol. The van der Waals surface area contributed by atoms with Crippen LogP contribution in [0, 0.1) is 0 Å². The number of carbonyl (C=O) groups excluding carboxylic acids is 1. The van der Waals surface area contributed by atoms with Crippen LogP contribution in [0.3, 0.4) is 0 Å². The third-order valence-corrected chi connectivity index (χ3v) is 5.05. The second-order valence-corrected chi connectivity index (χ2v) is 6.34. The molecule has 0 saturated carbocycles. The van der Waals surface area contributed by atoms with Crippen LogP contribution in [0.25, 0.3) is 0 Å². The Morgan fingerprint density at radius 3 is 2.70 bits per heavy atom. The fourth-order valence-corrected chi connectivity index (χ4v) is 3.71. The average Bonchev–Trinajstić information content (AvgIpc) is 2.85. The lowest BCUT2D eigenvalue weighted by Gasteiger charge is -2.15. The lowest BCUT2D eigenvalue weighted by molar-refractivity contribution is -0.109. The normalized spacial score (nSPS) is 25.9. The lowest BCUT2D eigenvalue weighted by atomic mass is 10.1. The number of alkyl halides is 2.